The number of anilines is 1. The number of pyridine rings is 1. The van der Waals surface area contributed by atoms with Crippen molar-refractivity contribution >= 4 is 34.4 Å². The third-order valence-corrected chi connectivity index (χ3v) is 3.22. The van der Waals surface area contributed by atoms with Gasteiger partial charge >= 0.3 is 4.87 Å². The molecule has 94 valence electrons. The number of aryl methyl sites for hydroxylation is 1. The number of aromatic amines is 1. The van der Waals surface area contributed by atoms with E-state index in [1.165, 1.54) is 0 Å². The van der Waals surface area contributed by atoms with E-state index in [-0.39, 0.29) is 4.87 Å². The van der Waals surface area contributed by atoms with Gasteiger partial charge in [-0.2, -0.15) is 0 Å². The molecule has 18 heavy (non-hydrogen) atoms. The van der Waals surface area contributed by atoms with Crippen molar-refractivity contribution in [2.24, 2.45) is 5.73 Å². The standard InChI is InChI=1S/C11H12N4OS2/c1-6-2-7(10(12)17)3-9(14-6)13-4-8-5-18-11(16)15-8/h2-3,5H,4H2,1H3,(H2,12,17)(H,13,14)(H,15,16). The zero-order valence-electron chi connectivity index (χ0n) is 9.69. The van der Waals surface area contributed by atoms with E-state index >= 15 is 0 Å². The lowest BCUT2D eigenvalue weighted by Crippen LogP contribution is -2.11. The second-order valence-electron chi connectivity index (χ2n) is 3.77. The van der Waals surface area contributed by atoms with E-state index < -0.39 is 0 Å². The Bertz CT molecular complexity index is 632. The monoisotopic (exact) mass is 280 g/mol. The quantitative estimate of drug-likeness (QED) is 0.737. The molecule has 0 aliphatic rings. The smallest absolute Gasteiger partial charge is 0.304 e. The molecule has 2 heterocycles. The van der Waals surface area contributed by atoms with E-state index in [4.69, 9.17) is 18.0 Å². The summed E-state index contributed by atoms with van der Waals surface area (Å²) in [5, 5.41) is 4.90. The molecular weight excluding hydrogens is 268 g/mol. The molecule has 5 nitrogen and oxygen atoms in total. The van der Waals surface area contributed by atoms with E-state index in [1.807, 2.05) is 13.0 Å². The molecule has 0 amide bonds. The van der Waals surface area contributed by atoms with Gasteiger partial charge in [0.25, 0.3) is 0 Å². The first kappa shape index (κ1) is 12.7. The lowest BCUT2D eigenvalue weighted by atomic mass is 10.2. The van der Waals surface area contributed by atoms with Crippen molar-refractivity contribution in [3.8, 4) is 0 Å². The van der Waals surface area contributed by atoms with Crippen LogP contribution in [-0.2, 0) is 6.54 Å². The van der Waals surface area contributed by atoms with Crippen LogP contribution in [0.3, 0.4) is 0 Å². The summed E-state index contributed by atoms with van der Waals surface area (Å²) in [6.07, 6.45) is 0. The average Bonchev–Trinajstić information content (AvgIpc) is 2.72. The fourth-order valence-corrected chi connectivity index (χ4v) is 2.19. The van der Waals surface area contributed by atoms with Crippen molar-refractivity contribution in [3.63, 3.8) is 0 Å². The summed E-state index contributed by atoms with van der Waals surface area (Å²) in [5.74, 6) is 0.685. The normalized spacial score (nSPS) is 10.3. The van der Waals surface area contributed by atoms with Crippen molar-refractivity contribution in [1.82, 2.24) is 9.97 Å². The Balaban J connectivity index is 2.14. The van der Waals surface area contributed by atoms with E-state index in [9.17, 15) is 4.79 Å². The van der Waals surface area contributed by atoms with Crippen LogP contribution in [0, 0.1) is 6.92 Å². The number of nitrogens with two attached hydrogens (primary N) is 1. The lowest BCUT2D eigenvalue weighted by Gasteiger charge is -2.07. The van der Waals surface area contributed by atoms with Crippen LogP contribution in [0.5, 0.6) is 0 Å². The molecule has 0 unspecified atom stereocenters. The van der Waals surface area contributed by atoms with Gasteiger partial charge in [-0.1, -0.05) is 23.6 Å². The van der Waals surface area contributed by atoms with Gasteiger partial charge in [0.1, 0.15) is 10.8 Å². The van der Waals surface area contributed by atoms with Gasteiger partial charge in [0.15, 0.2) is 0 Å². The van der Waals surface area contributed by atoms with Gasteiger partial charge in [0, 0.05) is 22.3 Å². The second kappa shape index (κ2) is 5.28. The lowest BCUT2D eigenvalue weighted by molar-refractivity contribution is 1.03. The largest absolute Gasteiger partial charge is 0.389 e. The zero-order valence-corrected chi connectivity index (χ0v) is 11.3. The topological polar surface area (TPSA) is 83.8 Å². The molecule has 0 aliphatic heterocycles. The number of thiocarbonyl (C=S) groups is 1. The maximum Gasteiger partial charge on any atom is 0.304 e. The van der Waals surface area contributed by atoms with Crippen molar-refractivity contribution < 1.29 is 0 Å². The fraction of sp³-hybridized carbons (Fsp3) is 0.182. The highest BCUT2D eigenvalue weighted by atomic mass is 32.1. The number of thiazole rings is 1. The van der Waals surface area contributed by atoms with Crippen molar-refractivity contribution in [2.75, 3.05) is 5.32 Å². The van der Waals surface area contributed by atoms with Crippen LogP contribution >= 0.6 is 23.6 Å². The number of rotatable bonds is 4. The van der Waals surface area contributed by atoms with Crippen molar-refractivity contribution in [1.29, 1.82) is 0 Å². The number of hydrogen-bond acceptors (Lipinski definition) is 5. The first-order valence-electron chi connectivity index (χ1n) is 5.23. The molecule has 7 heteroatoms. The van der Waals surface area contributed by atoms with Gasteiger partial charge in [-0.3, -0.25) is 4.79 Å². The summed E-state index contributed by atoms with van der Waals surface area (Å²) in [4.78, 5) is 18.3. The summed E-state index contributed by atoms with van der Waals surface area (Å²) in [6.45, 7) is 2.38. The first-order chi connectivity index (χ1) is 8.54. The fourth-order valence-electron chi connectivity index (χ4n) is 1.49. The highest BCUT2D eigenvalue weighted by Gasteiger charge is 2.03. The maximum absolute atomic E-state index is 11.0. The SMILES string of the molecule is Cc1cc(C(N)=S)cc(NCc2csc(=O)[nH]2)n1. The highest BCUT2D eigenvalue weighted by Crippen LogP contribution is 2.11. The van der Waals surface area contributed by atoms with E-state index in [0.29, 0.717) is 17.4 Å². The molecule has 2 aromatic heterocycles. The molecule has 0 radical (unpaired) electrons. The van der Waals surface area contributed by atoms with Gasteiger partial charge < -0.3 is 16.0 Å². The van der Waals surface area contributed by atoms with Crippen LogP contribution in [0.15, 0.2) is 22.3 Å². The molecule has 0 spiro atoms. The second-order valence-corrected chi connectivity index (χ2v) is 5.06. The predicted octanol–water partition coefficient (Wildman–Crippen LogP) is 1.39. The Morgan fingerprint density at radius 2 is 2.39 bits per heavy atom. The minimum absolute atomic E-state index is 0.0622. The number of nitrogens with zero attached hydrogens (tertiary/aromatic N) is 1. The molecular formula is C11H12N4OS2. The molecule has 4 N–H and O–H groups in total. The van der Waals surface area contributed by atoms with Crippen molar-refractivity contribution in [2.45, 2.75) is 13.5 Å². The van der Waals surface area contributed by atoms with Crippen LogP contribution in [0.4, 0.5) is 5.82 Å². The minimum atomic E-state index is -0.0622. The van der Waals surface area contributed by atoms with Crippen LogP contribution in [0.2, 0.25) is 0 Å². The maximum atomic E-state index is 11.0. The Hall–Kier alpha value is -1.73. The van der Waals surface area contributed by atoms with E-state index in [0.717, 1.165) is 28.3 Å². The third-order valence-electron chi connectivity index (χ3n) is 2.27. The molecule has 0 saturated heterocycles. The van der Waals surface area contributed by atoms with E-state index in [1.54, 1.807) is 11.4 Å². The molecule has 0 saturated carbocycles. The molecule has 0 aliphatic carbocycles. The summed E-state index contributed by atoms with van der Waals surface area (Å²) in [5.41, 5.74) is 8.03. The molecule has 0 aromatic carbocycles. The van der Waals surface area contributed by atoms with Gasteiger partial charge in [-0.05, 0) is 19.1 Å². The molecule has 0 atom stereocenters. The van der Waals surface area contributed by atoms with Gasteiger partial charge in [-0.15, -0.1) is 0 Å². The predicted molar refractivity (Wildman–Crippen MR) is 77.1 cm³/mol. The molecule has 0 bridgehead atoms. The van der Waals surface area contributed by atoms with Gasteiger partial charge in [-0.25, -0.2) is 4.98 Å². The number of H-pyrrole nitrogens is 1. The summed E-state index contributed by atoms with van der Waals surface area (Å²) < 4.78 is 0. The van der Waals surface area contributed by atoms with Gasteiger partial charge in [0.2, 0.25) is 0 Å². The van der Waals surface area contributed by atoms with Crippen LogP contribution < -0.4 is 15.9 Å². The first-order valence-corrected chi connectivity index (χ1v) is 6.52. The number of aromatic nitrogens is 2. The highest BCUT2D eigenvalue weighted by molar-refractivity contribution is 7.80. The van der Waals surface area contributed by atoms with Crippen LogP contribution in [0.25, 0.3) is 0 Å². The van der Waals surface area contributed by atoms with Crippen LogP contribution in [-0.4, -0.2) is 15.0 Å². The summed E-state index contributed by atoms with van der Waals surface area (Å²) in [6, 6.07) is 3.62. The van der Waals surface area contributed by atoms with Crippen molar-refractivity contribution in [3.05, 3.63) is 44.1 Å². The molecule has 2 rings (SSSR count). The van der Waals surface area contributed by atoms with Gasteiger partial charge in [0.05, 0.1) is 6.54 Å². The number of nitrogens with one attached hydrogen (secondary N) is 2. The Morgan fingerprint density at radius 3 is 3.00 bits per heavy atom. The van der Waals surface area contributed by atoms with E-state index in [2.05, 4.69) is 15.3 Å². The summed E-state index contributed by atoms with van der Waals surface area (Å²) >= 11 is 6.08. The number of hydrogen-bond donors (Lipinski definition) is 3. The Labute approximate surface area is 113 Å². The minimum Gasteiger partial charge on any atom is -0.389 e. The van der Waals surface area contributed by atoms with Crippen LogP contribution in [0.1, 0.15) is 17.0 Å². The Kier molecular flexibility index (Phi) is 3.73. The third kappa shape index (κ3) is 3.14. The Morgan fingerprint density at radius 1 is 1.61 bits per heavy atom. The molecule has 2 aromatic rings. The average molecular weight is 280 g/mol. The molecule has 0 fully saturated rings. The summed E-state index contributed by atoms with van der Waals surface area (Å²) in [7, 11) is 0. The zero-order chi connectivity index (χ0) is 13.1.